The molecule has 0 fully saturated rings. The van der Waals surface area contributed by atoms with Crippen molar-refractivity contribution in [3.05, 3.63) is 29.3 Å². The normalized spacial score (nSPS) is 9.13. The molecule has 15 heavy (non-hydrogen) atoms. The minimum absolute atomic E-state index is 0.0884. The van der Waals surface area contributed by atoms with Gasteiger partial charge in [0.1, 0.15) is 17.4 Å². The molecular weight excluding hydrogens is 194 g/mol. The quantitative estimate of drug-likeness (QED) is 0.704. The number of esters is 1. The molecule has 0 amide bonds. The third-order valence-electron chi connectivity index (χ3n) is 1.90. The van der Waals surface area contributed by atoms with Gasteiger partial charge in [-0.3, -0.25) is 0 Å². The first-order chi connectivity index (χ1) is 7.20. The minimum Gasteiger partial charge on any atom is -0.478 e. The number of aryl methyl sites for hydroxylation is 1. The van der Waals surface area contributed by atoms with Gasteiger partial charge in [-0.1, -0.05) is 12.1 Å². The molecule has 0 aliphatic heterocycles. The number of hydrogen-bond acceptors (Lipinski definition) is 4. The first kappa shape index (κ1) is 11.1. The second kappa shape index (κ2) is 5.01. The number of benzene rings is 1. The molecule has 4 nitrogen and oxygen atoms in total. The topological polar surface area (TPSA) is 59.3 Å². The lowest BCUT2D eigenvalue weighted by molar-refractivity contribution is 0.0596. The van der Waals surface area contributed by atoms with Gasteiger partial charge in [-0.2, -0.15) is 5.26 Å². The SMILES string of the molecule is COC(=O)c1cccc(C)c1OCC#N. The third-order valence-corrected chi connectivity index (χ3v) is 1.90. The molecular formula is C11H11NO3. The molecule has 0 aromatic heterocycles. The van der Waals surface area contributed by atoms with Crippen molar-refractivity contribution in [3.63, 3.8) is 0 Å². The third kappa shape index (κ3) is 2.47. The maximum Gasteiger partial charge on any atom is 0.341 e. The molecule has 0 heterocycles. The Morgan fingerprint density at radius 1 is 1.53 bits per heavy atom. The fourth-order valence-corrected chi connectivity index (χ4v) is 1.22. The van der Waals surface area contributed by atoms with Gasteiger partial charge in [-0.15, -0.1) is 0 Å². The number of methoxy groups -OCH3 is 1. The summed E-state index contributed by atoms with van der Waals surface area (Å²) in [5.41, 5.74) is 1.14. The Morgan fingerprint density at radius 3 is 2.87 bits per heavy atom. The lowest BCUT2D eigenvalue weighted by Crippen LogP contribution is -2.07. The van der Waals surface area contributed by atoms with Crippen LogP contribution in [0.1, 0.15) is 15.9 Å². The molecule has 1 aromatic rings. The highest BCUT2D eigenvalue weighted by atomic mass is 16.5. The molecule has 0 bridgehead atoms. The summed E-state index contributed by atoms with van der Waals surface area (Å²) in [4.78, 5) is 11.4. The van der Waals surface area contributed by atoms with E-state index in [1.165, 1.54) is 7.11 Å². The Labute approximate surface area is 88.0 Å². The summed E-state index contributed by atoms with van der Waals surface area (Å²) in [6, 6.07) is 7.00. The van der Waals surface area contributed by atoms with E-state index in [0.717, 1.165) is 5.56 Å². The molecule has 0 saturated carbocycles. The monoisotopic (exact) mass is 205 g/mol. The Hall–Kier alpha value is -2.02. The molecule has 0 N–H and O–H groups in total. The van der Waals surface area contributed by atoms with Gasteiger partial charge >= 0.3 is 5.97 Å². The Balaban J connectivity index is 3.09. The first-order valence-corrected chi connectivity index (χ1v) is 4.38. The van der Waals surface area contributed by atoms with Crippen LogP contribution < -0.4 is 4.74 Å². The van der Waals surface area contributed by atoms with Crippen molar-refractivity contribution in [1.29, 1.82) is 5.26 Å². The molecule has 78 valence electrons. The van der Waals surface area contributed by atoms with Crippen LogP contribution in [0.25, 0.3) is 0 Å². The summed E-state index contributed by atoms with van der Waals surface area (Å²) in [6.45, 7) is 1.72. The summed E-state index contributed by atoms with van der Waals surface area (Å²) >= 11 is 0. The molecule has 4 heteroatoms. The molecule has 0 saturated heterocycles. The van der Waals surface area contributed by atoms with Crippen molar-refractivity contribution in [2.75, 3.05) is 13.7 Å². The summed E-state index contributed by atoms with van der Waals surface area (Å²) in [5.74, 6) is -0.0578. The van der Waals surface area contributed by atoms with E-state index in [2.05, 4.69) is 4.74 Å². The van der Waals surface area contributed by atoms with Gasteiger partial charge < -0.3 is 9.47 Å². The lowest BCUT2D eigenvalue weighted by Gasteiger charge is -2.10. The fraction of sp³-hybridized carbons (Fsp3) is 0.273. The van der Waals surface area contributed by atoms with E-state index in [0.29, 0.717) is 11.3 Å². The van der Waals surface area contributed by atoms with Crippen LogP contribution in [0.5, 0.6) is 5.75 Å². The summed E-state index contributed by atoms with van der Waals surface area (Å²) in [5, 5.41) is 8.41. The minimum atomic E-state index is -0.466. The van der Waals surface area contributed by atoms with Gasteiger partial charge in [0.05, 0.1) is 7.11 Å². The number of carbonyl (C=O) groups is 1. The number of ether oxygens (including phenoxy) is 2. The maximum absolute atomic E-state index is 11.4. The molecule has 0 radical (unpaired) electrons. The van der Waals surface area contributed by atoms with Gasteiger partial charge in [0.25, 0.3) is 0 Å². The molecule has 1 rings (SSSR count). The number of hydrogen-bond donors (Lipinski definition) is 0. The van der Waals surface area contributed by atoms with E-state index in [9.17, 15) is 4.79 Å². The van der Waals surface area contributed by atoms with Crippen LogP contribution in [-0.2, 0) is 4.74 Å². The van der Waals surface area contributed by atoms with Crippen molar-refractivity contribution in [2.45, 2.75) is 6.92 Å². The average Bonchev–Trinajstić information content (AvgIpc) is 2.26. The van der Waals surface area contributed by atoms with Crippen LogP contribution in [-0.4, -0.2) is 19.7 Å². The van der Waals surface area contributed by atoms with Crippen molar-refractivity contribution in [1.82, 2.24) is 0 Å². The molecule has 1 aromatic carbocycles. The maximum atomic E-state index is 11.4. The fourth-order valence-electron chi connectivity index (χ4n) is 1.22. The van der Waals surface area contributed by atoms with Crippen LogP contribution in [0.4, 0.5) is 0 Å². The van der Waals surface area contributed by atoms with Crippen molar-refractivity contribution >= 4 is 5.97 Å². The van der Waals surface area contributed by atoms with Crippen LogP contribution in [0.2, 0.25) is 0 Å². The molecule has 0 unspecified atom stereocenters. The smallest absolute Gasteiger partial charge is 0.341 e. The van der Waals surface area contributed by atoms with Crippen molar-refractivity contribution in [3.8, 4) is 11.8 Å². The van der Waals surface area contributed by atoms with E-state index in [4.69, 9.17) is 10.00 Å². The molecule has 0 aliphatic rings. The Bertz CT molecular complexity index is 407. The molecule has 0 spiro atoms. The Kier molecular flexibility index (Phi) is 3.69. The lowest BCUT2D eigenvalue weighted by atomic mass is 10.1. The second-order valence-corrected chi connectivity index (χ2v) is 2.89. The van der Waals surface area contributed by atoms with Gasteiger partial charge in [-0.25, -0.2) is 4.79 Å². The first-order valence-electron chi connectivity index (χ1n) is 4.38. The van der Waals surface area contributed by atoms with E-state index >= 15 is 0 Å². The zero-order chi connectivity index (χ0) is 11.3. The van der Waals surface area contributed by atoms with Gasteiger partial charge in [0.15, 0.2) is 6.61 Å². The highest BCUT2D eigenvalue weighted by Gasteiger charge is 2.14. The van der Waals surface area contributed by atoms with E-state index < -0.39 is 5.97 Å². The van der Waals surface area contributed by atoms with Crippen molar-refractivity contribution < 1.29 is 14.3 Å². The summed E-state index contributed by atoms with van der Waals surface area (Å²) in [6.07, 6.45) is 0. The zero-order valence-electron chi connectivity index (χ0n) is 8.61. The Morgan fingerprint density at radius 2 is 2.27 bits per heavy atom. The van der Waals surface area contributed by atoms with Gasteiger partial charge in [-0.05, 0) is 18.6 Å². The van der Waals surface area contributed by atoms with E-state index in [-0.39, 0.29) is 6.61 Å². The average molecular weight is 205 g/mol. The predicted octanol–water partition coefficient (Wildman–Crippen LogP) is 1.68. The zero-order valence-corrected chi connectivity index (χ0v) is 8.61. The number of rotatable bonds is 3. The van der Waals surface area contributed by atoms with E-state index in [1.807, 2.05) is 6.07 Å². The van der Waals surface area contributed by atoms with Crippen LogP contribution >= 0.6 is 0 Å². The molecule has 0 atom stereocenters. The summed E-state index contributed by atoms with van der Waals surface area (Å²) < 4.78 is 9.79. The highest BCUT2D eigenvalue weighted by molar-refractivity contribution is 5.92. The van der Waals surface area contributed by atoms with Crippen LogP contribution in [0.3, 0.4) is 0 Å². The van der Waals surface area contributed by atoms with Crippen LogP contribution in [0.15, 0.2) is 18.2 Å². The van der Waals surface area contributed by atoms with Crippen LogP contribution in [0, 0.1) is 18.3 Å². The summed E-state index contributed by atoms with van der Waals surface area (Å²) in [7, 11) is 1.30. The molecule has 0 aliphatic carbocycles. The second-order valence-electron chi connectivity index (χ2n) is 2.89. The van der Waals surface area contributed by atoms with Gasteiger partial charge in [0.2, 0.25) is 0 Å². The van der Waals surface area contributed by atoms with Crippen molar-refractivity contribution in [2.24, 2.45) is 0 Å². The number of nitrogens with zero attached hydrogens (tertiary/aromatic N) is 1. The predicted molar refractivity (Wildman–Crippen MR) is 53.6 cm³/mol. The largest absolute Gasteiger partial charge is 0.478 e. The van der Waals surface area contributed by atoms with Gasteiger partial charge in [0, 0.05) is 0 Å². The number of para-hydroxylation sites is 1. The number of carbonyl (C=O) groups excluding carboxylic acids is 1. The number of nitriles is 1. The highest BCUT2D eigenvalue weighted by Crippen LogP contribution is 2.23. The van der Waals surface area contributed by atoms with E-state index in [1.54, 1.807) is 25.1 Å². The standard InChI is InChI=1S/C11H11NO3/c1-8-4-3-5-9(11(13)14-2)10(8)15-7-6-12/h3-5H,7H2,1-2H3.